The van der Waals surface area contributed by atoms with Crippen LogP contribution in [0.3, 0.4) is 0 Å². The van der Waals surface area contributed by atoms with E-state index in [0.717, 1.165) is 11.1 Å². The fraction of sp³-hybridized carbons (Fsp3) is 0.417. The normalized spacial score (nSPS) is 9.94. The van der Waals surface area contributed by atoms with Crippen molar-refractivity contribution in [2.45, 2.75) is 19.4 Å². The molecule has 1 rings (SSSR count). The van der Waals surface area contributed by atoms with Crippen LogP contribution in [0.25, 0.3) is 0 Å². The molecule has 0 aromatic heterocycles. The van der Waals surface area contributed by atoms with Crippen LogP contribution in [0.15, 0.2) is 24.3 Å². The van der Waals surface area contributed by atoms with Gasteiger partial charge in [0, 0.05) is 19.5 Å². The van der Waals surface area contributed by atoms with Crippen LogP contribution in [-0.4, -0.2) is 24.6 Å². The Morgan fingerprint density at radius 2 is 1.88 bits per heavy atom. The molecule has 0 aliphatic heterocycles. The minimum absolute atomic E-state index is 0.297. The number of rotatable bonds is 4. The van der Waals surface area contributed by atoms with Crippen LogP contribution in [0.1, 0.15) is 18.1 Å². The molecular formula is C12H16ClNO2. The van der Waals surface area contributed by atoms with E-state index in [-0.39, 0.29) is 6.09 Å². The first kappa shape index (κ1) is 12.8. The monoisotopic (exact) mass is 241 g/mol. The van der Waals surface area contributed by atoms with E-state index in [1.807, 2.05) is 31.2 Å². The second-order valence-corrected chi connectivity index (χ2v) is 3.79. The summed E-state index contributed by atoms with van der Waals surface area (Å²) in [6.07, 6.45) is -0.302. The molecule has 0 heterocycles. The lowest BCUT2D eigenvalue weighted by Gasteiger charge is -2.14. The summed E-state index contributed by atoms with van der Waals surface area (Å²) in [4.78, 5) is 12.9. The van der Waals surface area contributed by atoms with Crippen LogP contribution in [0.2, 0.25) is 0 Å². The maximum atomic E-state index is 11.4. The Hall–Kier alpha value is -1.22. The van der Waals surface area contributed by atoms with Crippen molar-refractivity contribution in [3.8, 4) is 0 Å². The van der Waals surface area contributed by atoms with Crippen LogP contribution in [-0.2, 0) is 17.2 Å². The number of nitrogens with zero attached hydrogens (tertiary/aromatic N) is 1. The zero-order chi connectivity index (χ0) is 12.0. The summed E-state index contributed by atoms with van der Waals surface area (Å²) < 4.78 is 5.11. The van der Waals surface area contributed by atoms with Gasteiger partial charge in [-0.25, -0.2) is 4.79 Å². The van der Waals surface area contributed by atoms with E-state index in [0.29, 0.717) is 19.0 Å². The number of hydrogen-bond acceptors (Lipinski definition) is 2. The van der Waals surface area contributed by atoms with Gasteiger partial charge in [-0.2, -0.15) is 0 Å². The molecule has 3 nitrogen and oxygen atoms in total. The topological polar surface area (TPSA) is 29.5 Å². The molecule has 0 radical (unpaired) electrons. The fourth-order valence-electron chi connectivity index (χ4n) is 1.11. The molecule has 1 amide bonds. The summed E-state index contributed by atoms with van der Waals surface area (Å²) in [7, 11) is 1.71. The molecule has 4 heteroatoms. The lowest BCUT2D eigenvalue weighted by atomic mass is 10.2. The first-order valence-electron chi connectivity index (χ1n) is 5.19. The van der Waals surface area contributed by atoms with Gasteiger partial charge >= 0.3 is 6.09 Å². The van der Waals surface area contributed by atoms with Crippen molar-refractivity contribution in [3.63, 3.8) is 0 Å². The largest absolute Gasteiger partial charge is 0.445 e. The van der Waals surface area contributed by atoms with Gasteiger partial charge in [-0.3, -0.25) is 0 Å². The van der Waals surface area contributed by atoms with Crippen molar-refractivity contribution < 1.29 is 9.53 Å². The number of hydrogen-bond donors (Lipinski definition) is 0. The zero-order valence-electron chi connectivity index (χ0n) is 9.57. The molecule has 0 spiro atoms. The van der Waals surface area contributed by atoms with Crippen LogP contribution in [0.4, 0.5) is 4.79 Å². The van der Waals surface area contributed by atoms with E-state index in [2.05, 4.69) is 0 Å². The van der Waals surface area contributed by atoms with Crippen molar-refractivity contribution in [2.75, 3.05) is 13.6 Å². The van der Waals surface area contributed by atoms with Gasteiger partial charge in [0.1, 0.15) is 6.61 Å². The Kier molecular flexibility index (Phi) is 5.12. The minimum Gasteiger partial charge on any atom is -0.445 e. The predicted molar refractivity (Wildman–Crippen MR) is 64.5 cm³/mol. The average Bonchev–Trinajstić information content (AvgIpc) is 2.35. The van der Waals surface area contributed by atoms with Gasteiger partial charge in [0.2, 0.25) is 0 Å². The predicted octanol–water partition coefficient (Wildman–Crippen LogP) is 3.01. The molecule has 0 saturated heterocycles. The molecule has 0 unspecified atom stereocenters. The highest BCUT2D eigenvalue weighted by atomic mass is 35.5. The third-order valence-corrected chi connectivity index (χ3v) is 2.63. The van der Waals surface area contributed by atoms with Crippen LogP contribution < -0.4 is 0 Å². The highest BCUT2D eigenvalue weighted by molar-refractivity contribution is 6.17. The highest BCUT2D eigenvalue weighted by Crippen LogP contribution is 2.08. The molecule has 88 valence electrons. The van der Waals surface area contributed by atoms with Crippen molar-refractivity contribution in [1.82, 2.24) is 4.90 Å². The maximum absolute atomic E-state index is 11.4. The number of carbonyl (C=O) groups excluding carboxylic acids is 1. The minimum atomic E-state index is -0.302. The number of ether oxygens (including phenoxy) is 1. The van der Waals surface area contributed by atoms with Gasteiger partial charge in [-0.15, -0.1) is 11.6 Å². The maximum Gasteiger partial charge on any atom is 0.409 e. The summed E-state index contributed by atoms with van der Waals surface area (Å²) in [5.74, 6) is 0.499. The molecule has 0 saturated carbocycles. The lowest BCUT2D eigenvalue weighted by molar-refractivity contribution is 0.106. The van der Waals surface area contributed by atoms with Gasteiger partial charge in [0.15, 0.2) is 0 Å². The first-order chi connectivity index (χ1) is 7.67. The van der Waals surface area contributed by atoms with Gasteiger partial charge < -0.3 is 9.64 Å². The highest BCUT2D eigenvalue weighted by Gasteiger charge is 2.07. The molecular weight excluding hydrogens is 226 g/mol. The zero-order valence-corrected chi connectivity index (χ0v) is 10.3. The van der Waals surface area contributed by atoms with E-state index >= 15 is 0 Å². The molecule has 0 bridgehead atoms. The third kappa shape index (κ3) is 3.74. The Morgan fingerprint density at radius 3 is 2.38 bits per heavy atom. The third-order valence-electron chi connectivity index (χ3n) is 2.33. The summed E-state index contributed by atoms with van der Waals surface area (Å²) in [5.41, 5.74) is 2.02. The van der Waals surface area contributed by atoms with Crippen molar-refractivity contribution >= 4 is 17.7 Å². The smallest absolute Gasteiger partial charge is 0.409 e. The summed E-state index contributed by atoms with van der Waals surface area (Å²) >= 11 is 5.68. The molecule has 0 N–H and O–H groups in total. The second-order valence-electron chi connectivity index (χ2n) is 3.52. The molecule has 0 atom stereocenters. The first-order valence-corrected chi connectivity index (χ1v) is 5.72. The van der Waals surface area contributed by atoms with E-state index in [9.17, 15) is 4.79 Å². The number of alkyl halides is 1. The van der Waals surface area contributed by atoms with Gasteiger partial charge in [0.05, 0.1) is 0 Å². The van der Waals surface area contributed by atoms with E-state index < -0.39 is 0 Å². The lowest BCUT2D eigenvalue weighted by Crippen LogP contribution is -2.26. The molecule has 0 fully saturated rings. The molecule has 16 heavy (non-hydrogen) atoms. The molecule has 0 aliphatic carbocycles. The molecule has 1 aromatic rings. The number of halogens is 1. The quantitative estimate of drug-likeness (QED) is 0.759. The van der Waals surface area contributed by atoms with Gasteiger partial charge in [0.25, 0.3) is 0 Å². The number of carbonyl (C=O) groups is 1. The van der Waals surface area contributed by atoms with Gasteiger partial charge in [-0.1, -0.05) is 24.3 Å². The standard InChI is InChI=1S/C12H16ClNO2/c1-3-14(2)12(15)16-9-11-6-4-10(8-13)5-7-11/h4-7H,3,8-9H2,1-2H3. The number of amides is 1. The van der Waals surface area contributed by atoms with Crippen LogP contribution in [0, 0.1) is 0 Å². The van der Waals surface area contributed by atoms with Crippen LogP contribution in [0.5, 0.6) is 0 Å². The second kappa shape index (κ2) is 6.38. The SMILES string of the molecule is CCN(C)C(=O)OCc1ccc(CCl)cc1. The van der Waals surface area contributed by atoms with Crippen molar-refractivity contribution in [2.24, 2.45) is 0 Å². The van der Waals surface area contributed by atoms with E-state index in [1.165, 1.54) is 4.90 Å². The molecule has 1 aromatic carbocycles. The summed E-state index contributed by atoms with van der Waals surface area (Å²) in [6.45, 7) is 2.84. The van der Waals surface area contributed by atoms with E-state index in [1.54, 1.807) is 7.05 Å². The average molecular weight is 242 g/mol. The Balaban J connectivity index is 2.45. The van der Waals surface area contributed by atoms with E-state index in [4.69, 9.17) is 16.3 Å². The Morgan fingerprint density at radius 1 is 1.31 bits per heavy atom. The number of benzene rings is 1. The Labute approximate surface area is 101 Å². The van der Waals surface area contributed by atoms with Crippen LogP contribution >= 0.6 is 11.6 Å². The molecule has 0 aliphatic rings. The van der Waals surface area contributed by atoms with Gasteiger partial charge in [-0.05, 0) is 18.1 Å². The summed E-state index contributed by atoms with van der Waals surface area (Å²) in [5, 5.41) is 0. The van der Waals surface area contributed by atoms with Crippen molar-refractivity contribution in [1.29, 1.82) is 0 Å². The Bertz CT molecular complexity index is 337. The van der Waals surface area contributed by atoms with Crippen molar-refractivity contribution in [3.05, 3.63) is 35.4 Å². The fourth-order valence-corrected chi connectivity index (χ4v) is 1.29. The summed E-state index contributed by atoms with van der Waals surface area (Å²) in [6, 6.07) is 7.69.